The molecule has 1 saturated carbocycles. The number of hydrogen-bond acceptors (Lipinski definition) is 2. The van der Waals surface area contributed by atoms with Gasteiger partial charge in [0, 0.05) is 6.54 Å². The molecule has 0 aromatic heterocycles. The third-order valence-electron chi connectivity index (χ3n) is 3.16. The lowest BCUT2D eigenvalue weighted by Gasteiger charge is -2.30. The summed E-state index contributed by atoms with van der Waals surface area (Å²) < 4.78 is 0. The summed E-state index contributed by atoms with van der Waals surface area (Å²) in [6.45, 7) is 3.45. The molecular weight excluding hydrogens is 202 g/mol. The lowest BCUT2D eigenvalue weighted by atomic mass is 9.85. The molecule has 0 aliphatic heterocycles. The Morgan fingerprint density at radius 2 is 2.06 bits per heavy atom. The predicted octanol–water partition coefficient (Wildman–Crippen LogP) is 1.39. The molecule has 0 bridgehead atoms. The van der Waals surface area contributed by atoms with Crippen molar-refractivity contribution >= 4 is 5.96 Å². The molecule has 0 aromatic rings. The van der Waals surface area contributed by atoms with Crippen molar-refractivity contribution in [3.63, 3.8) is 0 Å². The molecule has 0 heterocycles. The van der Waals surface area contributed by atoms with Gasteiger partial charge in [-0.2, -0.15) is 0 Å². The van der Waals surface area contributed by atoms with Crippen LogP contribution in [0, 0.1) is 0 Å². The Hall–Kier alpha value is -0.770. The minimum absolute atomic E-state index is 0.442. The summed E-state index contributed by atoms with van der Waals surface area (Å²) in [6, 6.07) is 0. The number of rotatable bonds is 5. The van der Waals surface area contributed by atoms with Gasteiger partial charge >= 0.3 is 0 Å². The zero-order chi connectivity index (χ0) is 11.9. The summed E-state index contributed by atoms with van der Waals surface area (Å²) in [4.78, 5) is 4.22. The number of nitrogens with two attached hydrogens (primary N) is 1. The van der Waals surface area contributed by atoms with Gasteiger partial charge in [-0.1, -0.05) is 32.6 Å². The van der Waals surface area contributed by atoms with Crippen LogP contribution in [0.5, 0.6) is 0 Å². The van der Waals surface area contributed by atoms with E-state index in [1.807, 2.05) is 0 Å². The van der Waals surface area contributed by atoms with Crippen molar-refractivity contribution in [2.45, 2.75) is 57.5 Å². The van der Waals surface area contributed by atoms with Crippen molar-refractivity contribution < 1.29 is 5.11 Å². The van der Waals surface area contributed by atoms with Crippen LogP contribution < -0.4 is 11.1 Å². The quantitative estimate of drug-likeness (QED) is 0.377. The van der Waals surface area contributed by atoms with Crippen molar-refractivity contribution in [1.82, 2.24) is 5.32 Å². The van der Waals surface area contributed by atoms with Gasteiger partial charge in [0.25, 0.3) is 0 Å². The molecule has 1 fully saturated rings. The summed E-state index contributed by atoms with van der Waals surface area (Å²) in [5, 5.41) is 13.3. The van der Waals surface area contributed by atoms with E-state index < -0.39 is 5.60 Å². The van der Waals surface area contributed by atoms with Crippen molar-refractivity contribution in [2.75, 3.05) is 13.1 Å². The third-order valence-corrected chi connectivity index (χ3v) is 3.16. The molecule has 1 aliphatic rings. The van der Waals surface area contributed by atoms with Crippen LogP contribution in [0.25, 0.3) is 0 Å². The number of guanidine groups is 1. The van der Waals surface area contributed by atoms with Crippen LogP contribution >= 0.6 is 0 Å². The molecule has 0 aromatic carbocycles. The minimum atomic E-state index is -0.602. The second-order valence-electron chi connectivity index (χ2n) is 4.77. The van der Waals surface area contributed by atoms with Crippen LogP contribution in [-0.4, -0.2) is 29.8 Å². The first-order chi connectivity index (χ1) is 7.66. The van der Waals surface area contributed by atoms with E-state index in [1.165, 1.54) is 6.42 Å². The molecule has 0 amide bonds. The molecule has 0 radical (unpaired) electrons. The van der Waals surface area contributed by atoms with E-state index >= 15 is 0 Å². The fourth-order valence-electron chi connectivity index (χ4n) is 2.05. The van der Waals surface area contributed by atoms with E-state index in [9.17, 15) is 5.11 Å². The van der Waals surface area contributed by atoms with Crippen molar-refractivity contribution in [3.8, 4) is 0 Å². The number of hydrogen-bond donors (Lipinski definition) is 3. The zero-order valence-electron chi connectivity index (χ0n) is 10.3. The molecule has 0 spiro atoms. The van der Waals surface area contributed by atoms with Crippen molar-refractivity contribution in [3.05, 3.63) is 0 Å². The first-order valence-electron chi connectivity index (χ1n) is 6.42. The van der Waals surface area contributed by atoms with E-state index in [-0.39, 0.29) is 0 Å². The van der Waals surface area contributed by atoms with Crippen LogP contribution in [0.4, 0.5) is 0 Å². The van der Waals surface area contributed by atoms with Gasteiger partial charge in [0.05, 0.1) is 12.1 Å². The molecule has 1 aliphatic carbocycles. The number of aliphatic imine (C=N–C) groups is 1. The number of nitrogens with one attached hydrogen (secondary N) is 1. The Morgan fingerprint density at radius 1 is 1.38 bits per heavy atom. The first kappa shape index (κ1) is 13.3. The Kier molecular flexibility index (Phi) is 5.60. The molecule has 94 valence electrons. The Bertz CT molecular complexity index is 222. The highest BCUT2D eigenvalue weighted by atomic mass is 16.3. The van der Waals surface area contributed by atoms with Crippen LogP contribution in [0.3, 0.4) is 0 Å². The van der Waals surface area contributed by atoms with Gasteiger partial charge in [0.15, 0.2) is 5.96 Å². The number of unbranched alkanes of at least 4 members (excludes halogenated alkanes) is 1. The van der Waals surface area contributed by atoms with Crippen LogP contribution in [0.15, 0.2) is 4.99 Å². The SMILES string of the molecule is CCCCNC(N)=NCC1(O)CCCCC1. The molecule has 0 unspecified atom stereocenters. The molecule has 16 heavy (non-hydrogen) atoms. The van der Waals surface area contributed by atoms with Crippen LogP contribution in [0.2, 0.25) is 0 Å². The summed E-state index contributed by atoms with van der Waals surface area (Å²) in [5.41, 5.74) is 5.12. The number of aliphatic hydroxyl groups is 1. The average Bonchev–Trinajstić information content (AvgIpc) is 2.28. The third kappa shape index (κ3) is 4.84. The monoisotopic (exact) mass is 227 g/mol. The van der Waals surface area contributed by atoms with E-state index in [0.717, 1.165) is 45.1 Å². The largest absolute Gasteiger partial charge is 0.388 e. The van der Waals surface area contributed by atoms with Gasteiger partial charge in [-0.15, -0.1) is 0 Å². The normalized spacial score (nSPS) is 20.8. The lowest BCUT2D eigenvalue weighted by Crippen LogP contribution is -2.38. The van der Waals surface area contributed by atoms with E-state index in [0.29, 0.717) is 12.5 Å². The maximum atomic E-state index is 10.2. The van der Waals surface area contributed by atoms with Crippen molar-refractivity contribution in [1.29, 1.82) is 0 Å². The fourth-order valence-corrected chi connectivity index (χ4v) is 2.05. The standard InChI is InChI=1S/C12H25N3O/c1-2-3-9-14-11(13)15-10-12(16)7-5-4-6-8-12/h16H,2-10H2,1H3,(H3,13,14,15). The minimum Gasteiger partial charge on any atom is -0.388 e. The Morgan fingerprint density at radius 3 is 2.69 bits per heavy atom. The molecule has 4 N–H and O–H groups in total. The smallest absolute Gasteiger partial charge is 0.188 e. The summed E-state index contributed by atoms with van der Waals surface area (Å²) in [7, 11) is 0. The second-order valence-corrected chi connectivity index (χ2v) is 4.77. The van der Waals surface area contributed by atoms with Crippen LogP contribution in [0.1, 0.15) is 51.9 Å². The zero-order valence-corrected chi connectivity index (χ0v) is 10.3. The van der Waals surface area contributed by atoms with Crippen molar-refractivity contribution in [2.24, 2.45) is 10.7 Å². The fraction of sp³-hybridized carbons (Fsp3) is 0.917. The predicted molar refractivity (Wildman–Crippen MR) is 67.4 cm³/mol. The maximum Gasteiger partial charge on any atom is 0.188 e. The average molecular weight is 227 g/mol. The van der Waals surface area contributed by atoms with E-state index in [4.69, 9.17) is 5.73 Å². The van der Waals surface area contributed by atoms with Gasteiger partial charge in [-0.05, 0) is 19.3 Å². The van der Waals surface area contributed by atoms with E-state index in [2.05, 4.69) is 17.2 Å². The summed E-state index contributed by atoms with van der Waals surface area (Å²) >= 11 is 0. The van der Waals surface area contributed by atoms with E-state index in [1.54, 1.807) is 0 Å². The molecule has 4 heteroatoms. The second kappa shape index (κ2) is 6.74. The summed E-state index contributed by atoms with van der Waals surface area (Å²) in [6.07, 6.45) is 7.41. The summed E-state index contributed by atoms with van der Waals surface area (Å²) in [5.74, 6) is 0.465. The van der Waals surface area contributed by atoms with Gasteiger partial charge < -0.3 is 16.2 Å². The topological polar surface area (TPSA) is 70.6 Å². The highest BCUT2D eigenvalue weighted by molar-refractivity contribution is 5.77. The highest BCUT2D eigenvalue weighted by Crippen LogP contribution is 2.27. The van der Waals surface area contributed by atoms with Gasteiger partial charge in [-0.25, -0.2) is 0 Å². The molecule has 4 nitrogen and oxygen atoms in total. The van der Waals surface area contributed by atoms with Gasteiger partial charge in [-0.3, -0.25) is 4.99 Å². The van der Waals surface area contributed by atoms with Crippen LogP contribution in [-0.2, 0) is 0 Å². The van der Waals surface area contributed by atoms with Gasteiger partial charge in [0.1, 0.15) is 0 Å². The molecular formula is C12H25N3O. The first-order valence-corrected chi connectivity index (χ1v) is 6.42. The molecule has 0 atom stereocenters. The van der Waals surface area contributed by atoms with Gasteiger partial charge in [0.2, 0.25) is 0 Å². The molecule has 0 saturated heterocycles. The Labute approximate surface area is 98.3 Å². The molecule has 1 rings (SSSR count). The number of nitrogens with zero attached hydrogens (tertiary/aromatic N) is 1. The Balaban J connectivity index is 2.27. The maximum absolute atomic E-state index is 10.2. The highest BCUT2D eigenvalue weighted by Gasteiger charge is 2.28. The lowest BCUT2D eigenvalue weighted by molar-refractivity contribution is 0.0132.